The van der Waals surface area contributed by atoms with Crippen molar-refractivity contribution in [1.82, 2.24) is 0 Å². The largest absolute Gasteiger partial charge is 0.507 e. The summed E-state index contributed by atoms with van der Waals surface area (Å²) in [6.45, 7) is 0. The van der Waals surface area contributed by atoms with E-state index in [2.05, 4.69) is 0 Å². The first-order valence-electron chi connectivity index (χ1n) is 4.74. The third-order valence-corrected chi connectivity index (χ3v) is 2.32. The van der Waals surface area contributed by atoms with Crippen LogP contribution in [0.1, 0.15) is 5.56 Å². The number of nitrogens with zero attached hydrogens (tertiary/aromatic N) is 1. The van der Waals surface area contributed by atoms with Gasteiger partial charge < -0.3 is 10.2 Å². The molecule has 0 spiro atoms. The van der Waals surface area contributed by atoms with E-state index < -0.39 is 0 Å². The molecule has 2 aromatic carbocycles. The number of aromatic hydroxyl groups is 2. The molecule has 2 rings (SSSR count). The second-order valence-corrected chi connectivity index (χ2v) is 3.36. The highest BCUT2D eigenvalue weighted by Gasteiger charge is 2.09. The fourth-order valence-corrected chi connectivity index (χ4v) is 1.52. The molecule has 0 saturated carbocycles. The lowest BCUT2D eigenvalue weighted by Crippen LogP contribution is -1.83. The van der Waals surface area contributed by atoms with Crippen LogP contribution in [-0.4, -0.2) is 10.2 Å². The van der Waals surface area contributed by atoms with Gasteiger partial charge in [0, 0.05) is 11.6 Å². The molecule has 0 radical (unpaired) electrons. The van der Waals surface area contributed by atoms with Gasteiger partial charge in [0.1, 0.15) is 17.6 Å². The monoisotopic (exact) mass is 211 g/mol. The van der Waals surface area contributed by atoms with Crippen LogP contribution < -0.4 is 0 Å². The van der Waals surface area contributed by atoms with E-state index >= 15 is 0 Å². The van der Waals surface area contributed by atoms with E-state index in [4.69, 9.17) is 5.26 Å². The Morgan fingerprint density at radius 1 is 0.938 bits per heavy atom. The number of rotatable bonds is 1. The van der Waals surface area contributed by atoms with E-state index in [1.54, 1.807) is 0 Å². The van der Waals surface area contributed by atoms with E-state index in [-0.39, 0.29) is 17.1 Å². The average molecular weight is 211 g/mol. The number of nitriles is 1. The van der Waals surface area contributed by atoms with Gasteiger partial charge in [-0.15, -0.1) is 0 Å². The SMILES string of the molecule is N#Cc1cc(-c2ccccc2)c(O)cc1O. The first kappa shape index (κ1) is 10.1. The van der Waals surface area contributed by atoms with Crippen molar-refractivity contribution in [3.63, 3.8) is 0 Å². The lowest BCUT2D eigenvalue weighted by molar-refractivity contribution is 0.450. The van der Waals surface area contributed by atoms with E-state index in [0.29, 0.717) is 5.56 Å². The molecule has 78 valence electrons. The number of phenolic OH excluding ortho intramolecular Hbond substituents is 2. The van der Waals surface area contributed by atoms with Crippen molar-refractivity contribution in [2.24, 2.45) is 0 Å². The van der Waals surface area contributed by atoms with Gasteiger partial charge in [-0.2, -0.15) is 5.26 Å². The minimum atomic E-state index is -0.209. The summed E-state index contributed by atoms with van der Waals surface area (Å²) in [6, 6.07) is 13.7. The zero-order valence-corrected chi connectivity index (χ0v) is 8.38. The molecule has 2 aromatic rings. The topological polar surface area (TPSA) is 64.2 Å². The molecule has 0 aliphatic heterocycles. The molecule has 3 heteroatoms. The summed E-state index contributed by atoms with van der Waals surface area (Å²) in [5.41, 5.74) is 1.49. The molecule has 0 fully saturated rings. The van der Waals surface area contributed by atoms with Crippen molar-refractivity contribution in [1.29, 1.82) is 5.26 Å². The standard InChI is InChI=1S/C13H9NO2/c14-8-10-6-11(13(16)7-12(10)15)9-4-2-1-3-5-9/h1-7,15-16H. The predicted octanol–water partition coefficient (Wildman–Crippen LogP) is 2.64. The van der Waals surface area contributed by atoms with Crippen LogP contribution in [0.3, 0.4) is 0 Å². The van der Waals surface area contributed by atoms with Crippen molar-refractivity contribution in [2.45, 2.75) is 0 Å². The van der Waals surface area contributed by atoms with Gasteiger partial charge in [-0.25, -0.2) is 0 Å². The number of benzene rings is 2. The minimum Gasteiger partial charge on any atom is -0.507 e. The average Bonchev–Trinajstić information content (AvgIpc) is 2.30. The van der Waals surface area contributed by atoms with Gasteiger partial charge in [-0.05, 0) is 11.6 Å². The Kier molecular flexibility index (Phi) is 2.49. The summed E-state index contributed by atoms with van der Waals surface area (Å²) >= 11 is 0. The Morgan fingerprint density at radius 3 is 2.25 bits per heavy atom. The van der Waals surface area contributed by atoms with Crippen LogP contribution in [0.15, 0.2) is 42.5 Å². The maximum absolute atomic E-state index is 9.70. The van der Waals surface area contributed by atoms with Crippen LogP contribution in [0.5, 0.6) is 11.5 Å². The lowest BCUT2D eigenvalue weighted by atomic mass is 10.0. The van der Waals surface area contributed by atoms with Crippen molar-refractivity contribution in [3.05, 3.63) is 48.0 Å². The highest BCUT2D eigenvalue weighted by Crippen LogP contribution is 2.34. The molecule has 0 unspecified atom stereocenters. The number of hydrogen-bond donors (Lipinski definition) is 2. The van der Waals surface area contributed by atoms with Crippen LogP contribution in [0.25, 0.3) is 11.1 Å². The summed E-state index contributed by atoms with van der Waals surface area (Å²) in [6.07, 6.45) is 0. The molecular formula is C13H9NO2. The summed E-state index contributed by atoms with van der Waals surface area (Å²) in [5.74, 6) is -0.248. The van der Waals surface area contributed by atoms with Gasteiger partial charge >= 0.3 is 0 Å². The van der Waals surface area contributed by atoms with E-state index in [9.17, 15) is 10.2 Å². The van der Waals surface area contributed by atoms with Crippen LogP contribution in [0, 0.1) is 11.3 Å². The quantitative estimate of drug-likeness (QED) is 0.762. The Balaban J connectivity index is 2.63. The Labute approximate surface area is 92.8 Å². The van der Waals surface area contributed by atoms with E-state index in [1.165, 1.54) is 12.1 Å². The molecule has 0 heterocycles. The van der Waals surface area contributed by atoms with Gasteiger partial charge in [-0.3, -0.25) is 0 Å². The molecule has 0 aliphatic rings. The molecular weight excluding hydrogens is 202 g/mol. The molecule has 0 amide bonds. The molecule has 0 aliphatic carbocycles. The van der Waals surface area contributed by atoms with Crippen LogP contribution in [-0.2, 0) is 0 Å². The Morgan fingerprint density at radius 2 is 1.62 bits per heavy atom. The lowest BCUT2D eigenvalue weighted by Gasteiger charge is -2.06. The number of hydrogen-bond acceptors (Lipinski definition) is 3. The van der Waals surface area contributed by atoms with Crippen molar-refractivity contribution >= 4 is 0 Å². The zero-order valence-electron chi connectivity index (χ0n) is 8.38. The van der Waals surface area contributed by atoms with Crippen molar-refractivity contribution in [2.75, 3.05) is 0 Å². The smallest absolute Gasteiger partial charge is 0.137 e. The second-order valence-electron chi connectivity index (χ2n) is 3.36. The maximum atomic E-state index is 9.70. The van der Waals surface area contributed by atoms with Gasteiger partial charge in [0.05, 0.1) is 5.56 Å². The van der Waals surface area contributed by atoms with Crippen molar-refractivity contribution in [3.8, 4) is 28.7 Å². The first-order valence-corrected chi connectivity index (χ1v) is 4.74. The Bertz CT molecular complexity index is 556. The third-order valence-electron chi connectivity index (χ3n) is 2.32. The fourth-order valence-electron chi connectivity index (χ4n) is 1.52. The van der Waals surface area contributed by atoms with Gasteiger partial charge in [0.2, 0.25) is 0 Å². The highest BCUT2D eigenvalue weighted by atomic mass is 16.3. The van der Waals surface area contributed by atoms with E-state index in [1.807, 2.05) is 36.4 Å². The summed E-state index contributed by atoms with van der Waals surface area (Å²) in [7, 11) is 0. The third kappa shape index (κ3) is 1.69. The van der Waals surface area contributed by atoms with Gasteiger partial charge in [-0.1, -0.05) is 30.3 Å². The maximum Gasteiger partial charge on any atom is 0.137 e. The van der Waals surface area contributed by atoms with Crippen LogP contribution in [0.4, 0.5) is 0 Å². The Hall–Kier alpha value is -2.47. The number of phenols is 2. The van der Waals surface area contributed by atoms with Gasteiger partial charge in [0.15, 0.2) is 0 Å². The first-order chi connectivity index (χ1) is 7.72. The molecule has 16 heavy (non-hydrogen) atoms. The summed E-state index contributed by atoms with van der Waals surface area (Å²) in [4.78, 5) is 0. The molecule has 0 bridgehead atoms. The highest BCUT2D eigenvalue weighted by molar-refractivity contribution is 5.73. The fraction of sp³-hybridized carbons (Fsp3) is 0. The zero-order chi connectivity index (χ0) is 11.5. The molecule has 0 saturated heterocycles. The summed E-state index contributed by atoms with van der Waals surface area (Å²) in [5, 5.41) is 27.9. The summed E-state index contributed by atoms with van der Waals surface area (Å²) < 4.78 is 0. The predicted molar refractivity (Wildman–Crippen MR) is 59.9 cm³/mol. The molecule has 3 nitrogen and oxygen atoms in total. The minimum absolute atomic E-state index is 0.0392. The van der Waals surface area contributed by atoms with Crippen molar-refractivity contribution < 1.29 is 10.2 Å². The normalized spacial score (nSPS) is 9.69. The van der Waals surface area contributed by atoms with Gasteiger partial charge in [0.25, 0.3) is 0 Å². The molecule has 2 N–H and O–H groups in total. The van der Waals surface area contributed by atoms with Crippen LogP contribution in [0.2, 0.25) is 0 Å². The van der Waals surface area contributed by atoms with E-state index in [0.717, 1.165) is 5.56 Å². The van der Waals surface area contributed by atoms with Crippen LogP contribution >= 0.6 is 0 Å². The molecule has 0 aromatic heterocycles. The molecule has 0 atom stereocenters. The second kappa shape index (κ2) is 3.95.